The van der Waals surface area contributed by atoms with Gasteiger partial charge in [0.15, 0.2) is 5.82 Å². The minimum absolute atomic E-state index is 0.0691. The zero-order valence-electron chi connectivity index (χ0n) is 14.1. The Labute approximate surface area is 141 Å². The van der Waals surface area contributed by atoms with E-state index in [0.29, 0.717) is 12.4 Å². The molecule has 1 aromatic heterocycles. The quantitative estimate of drug-likeness (QED) is 0.915. The molecule has 1 aromatic carbocycles. The number of para-hydroxylation sites is 1. The third kappa shape index (κ3) is 3.64. The zero-order chi connectivity index (χ0) is 16.9. The Morgan fingerprint density at radius 1 is 1.17 bits per heavy atom. The predicted octanol–water partition coefficient (Wildman–Crippen LogP) is 1.19. The molecule has 3 rings (SSSR count). The van der Waals surface area contributed by atoms with E-state index in [0.717, 1.165) is 26.1 Å². The number of anilines is 1. The first-order chi connectivity index (χ1) is 11.6. The summed E-state index contributed by atoms with van der Waals surface area (Å²) in [5.74, 6) is 0.643. The van der Waals surface area contributed by atoms with Gasteiger partial charge in [-0.3, -0.25) is 0 Å². The lowest BCUT2D eigenvalue weighted by Gasteiger charge is -2.24. The van der Waals surface area contributed by atoms with E-state index in [9.17, 15) is 4.79 Å². The number of aromatic nitrogens is 4. The maximum Gasteiger partial charge on any atom is 0.318 e. The fourth-order valence-electron chi connectivity index (χ4n) is 2.96. The number of carbonyl (C=O) groups excluding carboxylic acids is 1. The van der Waals surface area contributed by atoms with Crippen molar-refractivity contribution < 1.29 is 4.79 Å². The molecule has 1 aliphatic rings. The fourth-order valence-corrected chi connectivity index (χ4v) is 2.96. The lowest BCUT2D eigenvalue weighted by atomic mass is 10.3. The van der Waals surface area contributed by atoms with Crippen LogP contribution in [0.4, 0.5) is 10.5 Å². The first-order valence-electron chi connectivity index (χ1n) is 8.23. The summed E-state index contributed by atoms with van der Waals surface area (Å²) in [6.07, 6.45) is 0.947. The number of aryl methyl sites for hydroxylation is 1. The molecule has 8 heteroatoms. The summed E-state index contributed by atoms with van der Waals surface area (Å²) in [4.78, 5) is 16.7. The van der Waals surface area contributed by atoms with Crippen LogP contribution < -0.4 is 10.2 Å². The number of tetrazole rings is 1. The highest BCUT2D eigenvalue weighted by Gasteiger charge is 2.22. The lowest BCUT2D eigenvalue weighted by molar-refractivity contribution is 0.197. The van der Waals surface area contributed by atoms with E-state index >= 15 is 0 Å². The van der Waals surface area contributed by atoms with Crippen molar-refractivity contribution >= 4 is 11.7 Å². The Morgan fingerprint density at radius 2 is 1.96 bits per heavy atom. The molecule has 24 heavy (non-hydrogen) atoms. The maximum atomic E-state index is 12.5. The molecule has 0 aliphatic carbocycles. The highest BCUT2D eigenvalue weighted by atomic mass is 16.2. The van der Waals surface area contributed by atoms with Crippen LogP contribution in [-0.4, -0.2) is 57.3 Å². The number of nitrogens with one attached hydrogen (secondary N) is 1. The number of nitrogens with zero attached hydrogens (tertiary/aromatic N) is 6. The summed E-state index contributed by atoms with van der Waals surface area (Å²) in [5, 5.41) is 14.3. The summed E-state index contributed by atoms with van der Waals surface area (Å²) in [7, 11) is 1.77. The standard InChI is InChI=1S/C16H23N7O/c1-13(15-18-19-20-21(15)2)17-16(24)23-10-6-9-22(11-12-23)14-7-4-3-5-8-14/h3-5,7-8,13H,6,9-12H2,1-2H3,(H,17,24). The van der Waals surface area contributed by atoms with E-state index in [2.05, 4.69) is 37.9 Å². The number of hydrogen-bond donors (Lipinski definition) is 1. The lowest BCUT2D eigenvalue weighted by Crippen LogP contribution is -2.43. The van der Waals surface area contributed by atoms with E-state index in [1.54, 1.807) is 11.7 Å². The van der Waals surface area contributed by atoms with Crippen LogP contribution in [0, 0.1) is 0 Å². The van der Waals surface area contributed by atoms with Crippen molar-refractivity contribution in [3.05, 3.63) is 36.2 Å². The molecule has 1 saturated heterocycles. The van der Waals surface area contributed by atoms with Crippen LogP contribution in [0.2, 0.25) is 0 Å². The van der Waals surface area contributed by atoms with E-state index in [1.165, 1.54) is 5.69 Å². The third-order valence-electron chi connectivity index (χ3n) is 4.28. The smallest absolute Gasteiger partial charge is 0.318 e. The van der Waals surface area contributed by atoms with Gasteiger partial charge >= 0.3 is 6.03 Å². The van der Waals surface area contributed by atoms with Gasteiger partial charge in [-0.15, -0.1) is 5.10 Å². The van der Waals surface area contributed by atoms with Crippen LogP contribution in [0.5, 0.6) is 0 Å². The van der Waals surface area contributed by atoms with E-state index in [-0.39, 0.29) is 12.1 Å². The highest BCUT2D eigenvalue weighted by molar-refractivity contribution is 5.74. The summed E-state index contributed by atoms with van der Waals surface area (Å²) in [5.41, 5.74) is 1.21. The summed E-state index contributed by atoms with van der Waals surface area (Å²) < 4.78 is 1.57. The first kappa shape index (κ1) is 16.2. The Hall–Kier alpha value is -2.64. The maximum absolute atomic E-state index is 12.5. The predicted molar refractivity (Wildman–Crippen MR) is 90.6 cm³/mol. The van der Waals surface area contributed by atoms with Crippen molar-refractivity contribution in [1.82, 2.24) is 30.4 Å². The highest BCUT2D eigenvalue weighted by Crippen LogP contribution is 2.16. The molecule has 1 fully saturated rings. The Kier molecular flexibility index (Phi) is 4.93. The molecule has 2 heterocycles. The van der Waals surface area contributed by atoms with Crippen molar-refractivity contribution in [3.63, 3.8) is 0 Å². The summed E-state index contributed by atoms with van der Waals surface area (Å²) >= 11 is 0. The molecule has 0 bridgehead atoms. The largest absolute Gasteiger partial charge is 0.370 e. The van der Waals surface area contributed by atoms with Crippen LogP contribution in [0.25, 0.3) is 0 Å². The van der Waals surface area contributed by atoms with Crippen molar-refractivity contribution in [2.24, 2.45) is 7.05 Å². The Bertz CT molecular complexity index is 672. The van der Waals surface area contributed by atoms with Crippen LogP contribution in [-0.2, 0) is 7.05 Å². The number of hydrogen-bond acceptors (Lipinski definition) is 5. The molecule has 0 radical (unpaired) electrons. The number of urea groups is 1. The molecule has 128 valence electrons. The molecular formula is C16H23N7O. The van der Waals surface area contributed by atoms with Crippen molar-refractivity contribution in [1.29, 1.82) is 0 Å². The van der Waals surface area contributed by atoms with Crippen LogP contribution in [0.15, 0.2) is 30.3 Å². The van der Waals surface area contributed by atoms with Gasteiger partial charge in [-0.05, 0) is 35.9 Å². The number of amides is 2. The van der Waals surface area contributed by atoms with E-state index in [4.69, 9.17) is 0 Å². The van der Waals surface area contributed by atoms with Crippen molar-refractivity contribution in [2.75, 3.05) is 31.1 Å². The molecule has 1 aliphatic heterocycles. The monoisotopic (exact) mass is 329 g/mol. The normalized spacial score (nSPS) is 16.6. The minimum atomic E-state index is -0.231. The van der Waals surface area contributed by atoms with Crippen LogP contribution in [0.1, 0.15) is 25.2 Å². The van der Waals surface area contributed by atoms with Gasteiger partial charge in [0, 0.05) is 38.9 Å². The SMILES string of the molecule is CC(NC(=O)N1CCCN(c2ccccc2)CC1)c1nnnn1C. The molecule has 0 spiro atoms. The molecular weight excluding hydrogens is 306 g/mol. The van der Waals surface area contributed by atoms with E-state index < -0.39 is 0 Å². The van der Waals surface area contributed by atoms with Crippen LogP contribution in [0.3, 0.4) is 0 Å². The average Bonchev–Trinajstić information content (AvgIpc) is 2.87. The first-order valence-corrected chi connectivity index (χ1v) is 8.23. The van der Waals surface area contributed by atoms with Crippen LogP contribution >= 0.6 is 0 Å². The number of rotatable bonds is 3. The molecule has 2 amide bonds. The van der Waals surface area contributed by atoms with E-state index in [1.807, 2.05) is 30.0 Å². The molecule has 2 aromatic rings. The van der Waals surface area contributed by atoms with Crippen molar-refractivity contribution in [2.45, 2.75) is 19.4 Å². The number of benzene rings is 1. The average molecular weight is 329 g/mol. The van der Waals surface area contributed by atoms with Gasteiger partial charge in [-0.1, -0.05) is 18.2 Å². The topological polar surface area (TPSA) is 79.2 Å². The summed E-state index contributed by atoms with van der Waals surface area (Å²) in [6, 6.07) is 10.0. The molecule has 8 nitrogen and oxygen atoms in total. The molecule has 1 N–H and O–H groups in total. The fraction of sp³-hybridized carbons (Fsp3) is 0.500. The Balaban J connectivity index is 1.57. The van der Waals surface area contributed by atoms with Gasteiger partial charge in [-0.25, -0.2) is 9.48 Å². The third-order valence-corrected chi connectivity index (χ3v) is 4.28. The summed E-state index contributed by atoms with van der Waals surface area (Å²) in [6.45, 7) is 5.12. The second kappa shape index (κ2) is 7.29. The van der Waals surface area contributed by atoms with Gasteiger partial charge in [0.25, 0.3) is 0 Å². The second-order valence-electron chi connectivity index (χ2n) is 6.00. The number of carbonyl (C=O) groups is 1. The second-order valence-corrected chi connectivity index (χ2v) is 6.00. The minimum Gasteiger partial charge on any atom is -0.370 e. The van der Waals surface area contributed by atoms with Gasteiger partial charge in [0.2, 0.25) is 0 Å². The molecule has 1 unspecified atom stereocenters. The van der Waals surface area contributed by atoms with Gasteiger partial charge in [0.05, 0.1) is 6.04 Å². The zero-order valence-corrected chi connectivity index (χ0v) is 14.1. The van der Waals surface area contributed by atoms with Gasteiger partial charge < -0.3 is 15.1 Å². The van der Waals surface area contributed by atoms with Crippen molar-refractivity contribution in [3.8, 4) is 0 Å². The van der Waals surface area contributed by atoms with Gasteiger partial charge in [-0.2, -0.15) is 0 Å². The Morgan fingerprint density at radius 3 is 2.67 bits per heavy atom. The molecule has 1 atom stereocenters. The molecule has 0 saturated carbocycles. The van der Waals surface area contributed by atoms with Gasteiger partial charge in [0.1, 0.15) is 0 Å².